The van der Waals surface area contributed by atoms with Crippen LogP contribution in [0.5, 0.6) is 0 Å². The normalized spacial score (nSPS) is 30.4. The SMILES string of the molecule is CCC/C=C/C[C@@H]1CC[P+]12CCC2. The van der Waals surface area contributed by atoms with E-state index in [2.05, 4.69) is 19.1 Å². The average Bonchev–Trinajstić information content (AvgIpc) is 1.99. The first-order valence-electron chi connectivity index (χ1n) is 5.88. The lowest BCUT2D eigenvalue weighted by Crippen LogP contribution is -2.38. The van der Waals surface area contributed by atoms with Crippen LogP contribution in [0.25, 0.3) is 0 Å². The van der Waals surface area contributed by atoms with Crippen molar-refractivity contribution in [1.29, 1.82) is 0 Å². The Morgan fingerprint density at radius 1 is 1.23 bits per heavy atom. The molecule has 0 aromatic carbocycles. The molecule has 0 aromatic rings. The van der Waals surface area contributed by atoms with Crippen LogP contribution in [0.4, 0.5) is 0 Å². The van der Waals surface area contributed by atoms with Gasteiger partial charge in [-0.15, -0.1) is 0 Å². The summed E-state index contributed by atoms with van der Waals surface area (Å²) in [5, 5.41) is 0. The maximum atomic E-state index is 2.47. The van der Waals surface area contributed by atoms with E-state index in [1.165, 1.54) is 24.9 Å². The van der Waals surface area contributed by atoms with Gasteiger partial charge in [-0.2, -0.15) is 0 Å². The van der Waals surface area contributed by atoms with E-state index < -0.39 is 0 Å². The molecule has 2 saturated heterocycles. The first-order chi connectivity index (χ1) is 6.37. The predicted molar refractivity (Wildman–Crippen MR) is 63.2 cm³/mol. The van der Waals surface area contributed by atoms with Crippen molar-refractivity contribution in [3.8, 4) is 0 Å². The van der Waals surface area contributed by atoms with Gasteiger partial charge in [0.15, 0.2) is 0 Å². The Balaban J connectivity index is 1.70. The molecule has 2 fully saturated rings. The maximum absolute atomic E-state index is 2.47. The molecule has 0 aliphatic carbocycles. The number of allylic oxidation sites excluding steroid dienone is 2. The first-order valence-corrected chi connectivity index (χ1v) is 8.29. The average molecular weight is 197 g/mol. The van der Waals surface area contributed by atoms with E-state index in [1.807, 2.05) is 0 Å². The molecule has 0 bridgehead atoms. The summed E-state index contributed by atoms with van der Waals surface area (Å²) >= 11 is 0. The fraction of sp³-hybridized carbons (Fsp3) is 0.833. The summed E-state index contributed by atoms with van der Waals surface area (Å²) in [5.74, 6) is 0. The van der Waals surface area contributed by atoms with Gasteiger partial charge < -0.3 is 0 Å². The van der Waals surface area contributed by atoms with Gasteiger partial charge in [-0.05, 0) is 6.42 Å². The number of unbranched alkanes of at least 4 members (excludes halogenated alkanes) is 1. The maximum Gasteiger partial charge on any atom is 0.0766 e. The summed E-state index contributed by atoms with van der Waals surface area (Å²) in [6.07, 6.45) is 17.0. The molecule has 0 amide bonds. The molecule has 1 heteroatoms. The van der Waals surface area contributed by atoms with E-state index in [0.717, 1.165) is 0 Å². The summed E-state index contributed by atoms with van der Waals surface area (Å²) in [7, 11) is -0.253. The predicted octanol–water partition coefficient (Wildman–Crippen LogP) is 3.93. The quantitative estimate of drug-likeness (QED) is 0.473. The van der Waals surface area contributed by atoms with Gasteiger partial charge in [0, 0.05) is 26.5 Å². The molecular formula is C12H22P+. The molecule has 13 heavy (non-hydrogen) atoms. The van der Waals surface area contributed by atoms with E-state index in [1.54, 1.807) is 31.3 Å². The number of hydrogen-bond acceptors (Lipinski definition) is 0. The number of rotatable bonds is 4. The van der Waals surface area contributed by atoms with E-state index in [0.29, 0.717) is 0 Å². The third kappa shape index (κ3) is 1.84. The topological polar surface area (TPSA) is 0 Å². The molecule has 0 saturated carbocycles. The fourth-order valence-corrected chi connectivity index (χ4v) is 6.94. The van der Waals surface area contributed by atoms with Crippen molar-refractivity contribution in [3.63, 3.8) is 0 Å². The first kappa shape index (κ1) is 9.71. The van der Waals surface area contributed by atoms with Crippen molar-refractivity contribution in [2.75, 3.05) is 18.5 Å². The Morgan fingerprint density at radius 2 is 2.08 bits per heavy atom. The highest BCUT2D eigenvalue weighted by molar-refractivity contribution is 7.79. The van der Waals surface area contributed by atoms with Gasteiger partial charge in [0.25, 0.3) is 0 Å². The van der Waals surface area contributed by atoms with Crippen LogP contribution < -0.4 is 0 Å². The van der Waals surface area contributed by atoms with Crippen LogP contribution in [-0.2, 0) is 0 Å². The molecule has 0 unspecified atom stereocenters. The summed E-state index contributed by atoms with van der Waals surface area (Å²) in [6.45, 7) is 2.26. The Morgan fingerprint density at radius 3 is 2.54 bits per heavy atom. The molecule has 0 nitrogen and oxygen atoms in total. The molecule has 1 spiro atoms. The minimum absolute atomic E-state index is 0.253. The standard InChI is InChI=1S/C12H22P/c1-2-3-4-5-7-12-8-11-13(12)9-6-10-13/h4-5,12H,2-3,6-11H2,1H3/q+1/b5-4+/t12-/m1/s1. The van der Waals surface area contributed by atoms with Crippen LogP contribution in [0.15, 0.2) is 12.2 Å². The minimum Gasteiger partial charge on any atom is -0.0884 e. The highest BCUT2D eigenvalue weighted by atomic mass is 31.2. The van der Waals surface area contributed by atoms with Crippen LogP contribution in [0.1, 0.15) is 39.0 Å². The van der Waals surface area contributed by atoms with E-state index in [-0.39, 0.29) is 7.26 Å². The van der Waals surface area contributed by atoms with Gasteiger partial charge in [-0.3, -0.25) is 0 Å². The van der Waals surface area contributed by atoms with E-state index in [4.69, 9.17) is 0 Å². The second-order valence-corrected chi connectivity index (χ2v) is 9.19. The number of hydrogen-bond donors (Lipinski definition) is 0. The Hall–Kier alpha value is 0.170. The van der Waals surface area contributed by atoms with Crippen LogP contribution in [0.2, 0.25) is 0 Å². The van der Waals surface area contributed by atoms with Crippen LogP contribution >= 0.6 is 7.26 Å². The zero-order chi connectivity index (χ0) is 9.15. The monoisotopic (exact) mass is 197 g/mol. The Bertz CT molecular complexity index is 186. The van der Waals surface area contributed by atoms with Crippen molar-refractivity contribution in [2.45, 2.75) is 44.7 Å². The van der Waals surface area contributed by atoms with Crippen molar-refractivity contribution < 1.29 is 0 Å². The molecule has 0 radical (unpaired) electrons. The lowest BCUT2D eigenvalue weighted by molar-refractivity contribution is 0.705. The third-order valence-electron chi connectivity index (χ3n) is 3.92. The smallest absolute Gasteiger partial charge is 0.0766 e. The molecule has 0 N–H and O–H groups in total. The van der Waals surface area contributed by atoms with Crippen molar-refractivity contribution in [1.82, 2.24) is 0 Å². The zero-order valence-electron chi connectivity index (χ0n) is 8.84. The lowest BCUT2D eigenvalue weighted by atomic mass is 10.2. The van der Waals surface area contributed by atoms with Crippen LogP contribution in [-0.4, -0.2) is 24.1 Å². The second-order valence-electron chi connectivity index (χ2n) is 4.68. The third-order valence-corrected chi connectivity index (χ3v) is 9.50. The molecule has 2 aliphatic rings. The van der Waals surface area contributed by atoms with Gasteiger partial charge in [0.05, 0.1) is 24.1 Å². The summed E-state index contributed by atoms with van der Waals surface area (Å²) in [4.78, 5) is 0. The van der Waals surface area contributed by atoms with Gasteiger partial charge in [0.2, 0.25) is 0 Å². The van der Waals surface area contributed by atoms with Gasteiger partial charge in [0.1, 0.15) is 0 Å². The van der Waals surface area contributed by atoms with Gasteiger partial charge >= 0.3 is 0 Å². The fourth-order valence-electron chi connectivity index (χ4n) is 2.71. The summed E-state index contributed by atoms with van der Waals surface area (Å²) in [5.41, 5.74) is 1.18. The lowest BCUT2D eigenvalue weighted by Gasteiger charge is -2.48. The Labute approximate surface area is 83.1 Å². The Kier molecular flexibility index (Phi) is 3.09. The summed E-state index contributed by atoms with van der Waals surface area (Å²) in [6, 6.07) is 0. The molecule has 2 heterocycles. The van der Waals surface area contributed by atoms with Crippen LogP contribution in [0.3, 0.4) is 0 Å². The second kappa shape index (κ2) is 4.13. The minimum atomic E-state index is -0.253. The largest absolute Gasteiger partial charge is 0.0884 e. The van der Waals surface area contributed by atoms with Crippen molar-refractivity contribution in [3.05, 3.63) is 12.2 Å². The van der Waals surface area contributed by atoms with E-state index in [9.17, 15) is 0 Å². The van der Waals surface area contributed by atoms with Gasteiger partial charge in [-0.25, -0.2) is 0 Å². The van der Waals surface area contributed by atoms with Crippen molar-refractivity contribution >= 4 is 7.26 Å². The molecule has 0 aromatic heterocycles. The van der Waals surface area contributed by atoms with Crippen molar-refractivity contribution in [2.24, 2.45) is 0 Å². The summed E-state index contributed by atoms with van der Waals surface area (Å²) < 4.78 is 0. The zero-order valence-corrected chi connectivity index (χ0v) is 9.73. The van der Waals surface area contributed by atoms with Crippen LogP contribution in [0, 0.1) is 0 Å². The highest BCUT2D eigenvalue weighted by Crippen LogP contribution is 2.78. The molecule has 1 atom stereocenters. The highest BCUT2D eigenvalue weighted by Gasteiger charge is 2.57. The molecule has 2 rings (SSSR count). The van der Waals surface area contributed by atoms with E-state index >= 15 is 0 Å². The molecule has 74 valence electrons. The molecule has 2 aliphatic heterocycles. The van der Waals surface area contributed by atoms with Gasteiger partial charge in [-0.1, -0.05) is 25.5 Å². The molecular weight excluding hydrogens is 175 g/mol.